The van der Waals surface area contributed by atoms with Gasteiger partial charge in [-0.3, -0.25) is 4.79 Å². The molecule has 0 radical (unpaired) electrons. The molecule has 0 amide bonds. The maximum Gasteiger partial charge on any atom is 0.306 e. The van der Waals surface area contributed by atoms with E-state index in [1.807, 2.05) is 0 Å². The number of carbonyl (C=O) groups is 1. The lowest BCUT2D eigenvalue weighted by Gasteiger charge is -2.15. The number of ether oxygens (including phenoxy) is 1. The Kier molecular flexibility index (Phi) is 5.35. The molecule has 17 heavy (non-hydrogen) atoms. The zero-order valence-corrected chi connectivity index (χ0v) is 10.8. The van der Waals surface area contributed by atoms with E-state index in [-0.39, 0.29) is 24.8 Å². The second kappa shape index (κ2) is 6.32. The highest BCUT2D eigenvalue weighted by Gasteiger charge is 2.32. The fourth-order valence-corrected chi connectivity index (χ4v) is 2.88. The molecule has 0 bridgehead atoms. The van der Waals surface area contributed by atoms with Gasteiger partial charge < -0.3 is 10.5 Å². The fourth-order valence-electron chi connectivity index (χ4n) is 1.58. The second-order valence-corrected chi connectivity index (χ2v) is 6.04. The number of hydrogen-bond acceptors (Lipinski definition) is 5. The van der Waals surface area contributed by atoms with Crippen LogP contribution >= 0.6 is 0 Å². The zero-order valence-electron chi connectivity index (χ0n) is 10.0. The lowest BCUT2D eigenvalue weighted by atomic mass is 10.2. The molecule has 3 N–H and O–H groups in total. The van der Waals surface area contributed by atoms with Crippen molar-refractivity contribution in [2.24, 2.45) is 11.7 Å². The summed E-state index contributed by atoms with van der Waals surface area (Å²) < 4.78 is 30.5. The van der Waals surface area contributed by atoms with Crippen molar-refractivity contribution in [3.8, 4) is 0 Å². The highest BCUT2D eigenvalue weighted by Crippen LogP contribution is 2.32. The highest BCUT2D eigenvalue weighted by molar-refractivity contribution is 7.89. The first-order valence-electron chi connectivity index (χ1n) is 5.84. The molecule has 1 unspecified atom stereocenters. The van der Waals surface area contributed by atoms with Crippen LogP contribution in [0.2, 0.25) is 0 Å². The topological polar surface area (TPSA) is 98.5 Å². The molecule has 100 valence electrons. The van der Waals surface area contributed by atoms with Crippen molar-refractivity contribution >= 4 is 16.0 Å². The summed E-state index contributed by atoms with van der Waals surface area (Å²) in [6.07, 6.45) is 1.91. The molecule has 7 heteroatoms. The Labute approximate surface area is 102 Å². The molecule has 0 aromatic carbocycles. The van der Waals surface area contributed by atoms with Crippen LogP contribution in [0.5, 0.6) is 0 Å². The Morgan fingerprint density at radius 3 is 2.65 bits per heavy atom. The van der Waals surface area contributed by atoms with E-state index in [1.54, 1.807) is 6.92 Å². The molecule has 1 rings (SSSR count). The Morgan fingerprint density at radius 1 is 1.53 bits per heavy atom. The van der Waals surface area contributed by atoms with Gasteiger partial charge in [0.1, 0.15) is 0 Å². The van der Waals surface area contributed by atoms with E-state index in [4.69, 9.17) is 5.73 Å². The van der Waals surface area contributed by atoms with Crippen LogP contribution in [0.25, 0.3) is 0 Å². The maximum absolute atomic E-state index is 11.7. The lowest BCUT2D eigenvalue weighted by Crippen LogP contribution is -2.43. The first kappa shape index (κ1) is 14.4. The number of nitrogens with two attached hydrogens (primary N) is 1. The number of sulfonamides is 1. The number of hydrogen-bond donors (Lipinski definition) is 2. The van der Waals surface area contributed by atoms with Gasteiger partial charge in [0.05, 0.1) is 18.8 Å². The van der Waals surface area contributed by atoms with Crippen molar-refractivity contribution in [1.82, 2.24) is 4.72 Å². The number of carbonyl (C=O) groups excluding carboxylic acids is 1. The van der Waals surface area contributed by atoms with Crippen molar-refractivity contribution in [2.45, 2.75) is 32.2 Å². The predicted molar refractivity (Wildman–Crippen MR) is 63.7 cm³/mol. The van der Waals surface area contributed by atoms with E-state index < -0.39 is 16.0 Å². The molecular formula is C10H20N2O4S. The first-order chi connectivity index (χ1) is 7.98. The molecule has 0 heterocycles. The van der Waals surface area contributed by atoms with Crippen molar-refractivity contribution < 1.29 is 17.9 Å². The molecule has 1 atom stereocenters. The van der Waals surface area contributed by atoms with E-state index in [0.29, 0.717) is 12.5 Å². The van der Waals surface area contributed by atoms with E-state index in [1.165, 1.54) is 0 Å². The van der Waals surface area contributed by atoms with Gasteiger partial charge in [-0.2, -0.15) is 0 Å². The highest BCUT2D eigenvalue weighted by atomic mass is 32.2. The quantitative estimate of drug-likeness (QED) is 0.581. The summed E-state index contributed by atoms with van der Waals surface area (Å²) in [5, 5.41) is 0. The largest absolute Gasteiger partial charge is 0.466 e. The van der Waals surface area contributed by atoms with Crippen LogP contribution in [0, 0.1) is 5.92 Å². The van der Waals surface area contributed by atoms with Gasteiger partial charge >= 0.3 is 5.97 Å². The van der Waals surface area contributed by atoms with Crippen LogP contribution < -0.4 is 10.5 Å². The second-order valence-electron chi connectivity index (χ2n) is 4.17. The summed E-state index contributed by atoms with van der Waals surface area (Å²) in [6.45, 7) is 2.24. The van der Waals surface area contributed by atoms with Crippen molar-refractivity contribution in [3.63, 3.8) is 0 Å². The fraction of sp³-hybridized carbons (Fsp3) is 0.900. The number of rotatable bonds is 8. The van der Waals surface area contributed by atoms with Gasteiger partial charge in [-0.25, -0.2) is 13.1 Å². The van der Waals surface area contributed by atoms with Crippen molar-refractivity contribution in [2.75, 3.05) is 18.9 Å². The number of nitrogens with one attached hydrogen (secondary N) is 1. The average molecular weight is 264 g/mol. The predicted octanol–water partition coefficient (Wildman–Crippen LogP) is -0.404. The Morgan fingerprint density at radius 2 is 2.18 bits per heavy atom. The van der Waals surface area contributed by atoms with Gasteiger partial charge in [0.2, 0.25) is 10.0 Å². The van der Waals surface area contributed by atoms with Crippen LogP contribution in [0.15, 0.2) is 0 Å². The van der Waals surface area contributed by atoms with Crippen molar-refractivity contribution in [1.29, 1.82) is 0 Å². The summed E-state index contributed by atoms with van der Waals surface area (Å²) in [4.78, 5) is 11.1. The monoisotopic (exact) mass is 264 g/mol. The van der Waals surface area contributed by atoms with Crippen LogP contribution in [0.4, 0.5) is 0 Å². The molecule has 0 spiro atoms. The Hall–Kier alpha value is -0.660. The third kappa shape index (κ3) is 5.47. The van der Waals surface area contributed by atoms with Gasteiger partial charge in [-0.1, -0.05) is 0 Å². The average Bonchev–Trinajstić information content (AvgIpc) is 3.08. The Bertz CT molecular complexity index is 351. The molecule has 1 saturated carbocycles. The molecule has 0 aliphatic heterocycles. The summed E-state index contributed by atoms with van der Waals surface area (Å²) in [5.74, 6) is -0.374. The lowest BCUT2D eigenvalue weighted by molar-refractivity contribution is -0.142. The van der Waals surface area contributed by atoms with Crippen LogP contribution in [0.1, 0.15) is 26.2 Å². The number of esters is 1. The zero-order chi connectivity index (χ0) is 12.9. The van der Waals surface area contributed by atoms with Crippen LogP contribution in [-0.2, 0) is 19.6 Å². The molecule has 6 nitrogen and oxygen atoms in total. The SMILES string of the molecule is CCOC(=O)CCS(=O)(=O)NC(CN)C1CC1. The molecule has 1 fully saturated rings. The summed E-state index contributed by atoms with van der Waals surface area (Å²) >= 11 is 0. The maximum atomic E-state index is 11.7. The van der Waals surface area contributed by atoms with Gasteiger partial charge in [0.15, 0.2) is 0 Å². The summed E-state index contributed by atoms with van der Waals surface area (Å²) in [6, 6.07) is -0.192. The van der Waals surface area contributed by atoms with Crippen LogP contribution in [-0.4, -0.2) is 39.3 Å². The smallest absolute Gasteiger partial charge is 0.306 e. The van der Waals surface area contributed by atoms with Crippen molar-refractivity contribution in [3.05, 3.63) is 0 Å². The van der Waals surface area contributed by atoms with E-state index >= 15 is 0 Å². The molecule has 1 aliphatic carbocycles. The summed E-state index contributed by atoms with van der Waals surface area (Å²) in [7, 11) is -3.44. The minimum atomic E-state index is -3.44. The van der Waals surface area contributed by atoms with E-state index in [0.717, 1.165) is 12.8 Å². The van der Waals surface area contributed by atoms with Gasteiger partial charge in [-0.15, -0.1) is 0 Å². The molecule has 0 aromatic heterocycles. The molecule has 0 saturated heterocycles. The first-order valence-corrected chi connectivity index (χ1v) is 7.49. The van der Waals surface area contributed by atoms with Crippen LogP contribution in [0.3, 0.4) is 0 Å². The third-order valence-electron chi connectivity index (χ3n) is 2.66. The van der Waals surface area contributed by atoms with Gasteiger partial charge in [0, 0.05) is 12.6 Å². The van der Waals surface area contributed by atoms with E-state index in [9.17, 15) is 13.2 Å². The molecular weight excluding hydrogens is 244 g/mol. The van der Waals surface area contributed by atoms with E-state index in [2.05, 4.69) is 9.46 Å². The van der Waals surface area contributed by atoms with Gasteiger partial charge in [-0.05, 0) is 25.7 Å². The molecule has 0 aromatic rings. The molecule has 1 aliphatic rings. The minimum absolute atomic E-state index is 0.120. The third-order valence-corrected chi connectivity index (χ3v) is 4.06. The minimum Gasteiger partial charge on any atom is -0.466 e. The normalized spacial score (nSPS) is 17.8. The van der Waals surface area contributed by atoms with Gasteiger partial charge in [0.25, 0.3) is 0 Å². The summed E-state index contributed by atoms with van der Waals surface area (Å²) in [5.41, 5.74) is 5.51. The standard InChI is InChI=1S/C10H20N2O4S/c1-2-16-10(13)5-6-17(14,15)12-9(7-11)8-3-4-8/h8-9,12H,2-7,11H2,1H3. The Balaban J connectivity index is 2.36.